The van der Waals surface area contributed by atoms with E-state index in [1.54, 1.807) is 6.07 Å². The highest BCUT2D eigenvalue weighted by molar-refractivity contribution is 5.33. The van der Waals surface area contributed by atoms with E-state index in [2.05, 4.69) is 9.64 Å². The van der Waals surface area contributed by atoms with Gasteiger partial charge in [-0.25, -0.2) is 0 Å². The van der Waals surface area contributed by atoms with Crippen LogP contribution in [0.25, 0.3) is 0 Å². The first kappa shape index (κ1) is 20.3. The van der Waals surface area contributed by atoms with Crippen molar-refractivity contribution >= 4 is 0 Å². The number of hydrogen-bond donors (Lipinski definition) is 1. The smallest absolute Gasteiger partial charge is 0.492 e. The minimum atomic E-state index is -4.72. The van der Waals surface area contributed by atoms with E-state index in [0.717, 1.165) is 30.8 Å². The van der Waals surface area contributed by atoms with Gasteiger partial charge in [-0.15, -0.1) is 13.2 Å². The largest absolute Gasteiger partial charge is 0.573 e. The molecule has 1 saturated heterocycles. The Labute approximate surface area is 161 Å². The maximum Gasteiger partial charge on any atom is 0.573 e. The molecule has 1 aliphatic rings. The molecule has 0 saturated carbocycles. The normalized spacial score (nSPS) is 17.5. The molecule has 1 heterocycles. The number of aliphatic hydroxyl groups is 1. The first-order valence-electron chi connectivity index (χ1n) is 8.99. The lowest BCUT2D eigenvalue weighted by Crippen LogP contribution is -2.28. The van der Waals surface area contributed by atoms with Crippen molar-refractivity contribution in [1.82, 2.24) is 4.90 Å². The highest BCUT2D eigenvalue weighted by atomic mass is 19.4. The van der Waals surface area contributed by atoms with Crippen molar-refractivity contribution < 1.29 is 32.5 Å². The zero-order valence-corrected chi connectivity index (χ0v) is 15.2. The molecule has 0 spiro atoms. The third-order valence-electron chi connectivity index (χ3n) is 4.35. The Bertz CT molecular complexity index is 752. The molecule has 152 valence electrons. The minimum absolute atomic E-state index is 0.000679. The zero-order valence-electron chi connectivity index (χ0n) is 15.2. The second-order valence-corrected chi connectivity index (χ2v) is 6.50. The van der Waals surface area contributed by atoms with Gasteiger partial charge in [0.15, 0.2) is 0 Å². The van der Waals surface area contributed by atoms with E-state index in [1.807, 2.05) is 24.3 Å². The van der Waals surface area contributed by atoms with Gasteiger partial charge in [0.25, 0.3) is 0 Å². The van der Waals surface area contributed by atoms with Crippen LogP contribution in [0.3, 0.4) is 0 Å². The summed E-state index contributed by atoms with van der Waals surface area (Å²) in [6, 6.07) is 12.8. The van der Waals surface area contributed by atoms with Gasteiger partial charge in [-0.05, 0) is 36.2 Å². The summed E-state index contributed by atoms with van der Waals surface area (Å²) >= 11 is 0. The Kier molecular flexibility index (Phi) is 6.64. The fraction of sp³-hybridized carbons (Fsp3) is 0.400. The number of benzene rings is 2. The molecule has 1 atom stereocenters. The number of nitrogens with zero attached hydrogens (tertiary/aromatic N) is 1. The van der Waals surface area contributed by atoms with E-state index in [0.29, 0.717) is 18.9 Å². The van der Waals surface area contributed by atoms with Crippen LogP contribution in [0.15, 0.2) is 48.5 Å². The number of hydrogen-bond acceptors (Lipinski definition) is 5. The fourth-order valence-corrected chi connectivity index (χ4v) is 3.02. The summed E-state index contributed by atoms with van der Waals surface area (Å²) in [5.41, 5.74) is 0.830. The predicted octanol–water partition coefficient (Wildman–Crippen LogP) is 3.61. The number of halogens is 3. The summed E-state index contributed by atoms with van der Waals surface area (Å²) in [5.74, 6) is 0.806. The molecule has 2 aromatic rings. The first-order valence-corrected chi connectivity index (χ1v) is 8.99. The van der Waals surface area contributed by atoms with Crippen molar-refractivity contribution in [2.45, 2.75) is 25.5 Å². The number of rotatable bonds is 8. The lowest BCUT2D eigenvalue weighted by atomic mass is 10.2. The van der Waals surface area contributed by atoms with Crippen LogP contribution in [0.5, 0.6) is 17.2 Å². The van der Waals surface area contributed by atoms with Crippen LogP contribution < -0.4 is 14.2 Å². The maximum absolute atomic E-state index is 12.3. The predicted molar refractivity (Wildman–Crippen MR) is 96.5 cm³/mol. The summed E-state index contributed by atoms with van der Waals surface area (Å²) in [5, 5.41) is 9.03. The van der Waals surface area contributed by atoms with Crippen LogP contribution in [0.2, 0.25) is 0 Å². The topological polar surface area (TPSA) is 51.2 Å². The van der Waals surface area contributed by atoms with Crippen molar-refractivity contribution in [3.63, 3.8) is 0 Å². The number of likely N-dealkylation sites (tertiary alicyclic amines) is 1. The lowest BCUT2D eigenvalue weighted by Gasteiger charge is -2.18. The fourth-order valence-electron chi connectivity index (χ4n) is 3.02. The molecule has 0 radical (unpaired) electrons. The lowest BCUT2D eigenvalue weighted by molar-refractivity contribution is -0.274. The molecule has 3 rings (SSSR count). The van der Waals surface area contributed by atoms with Crippen molar-refractivity contribution in [1.29, 1.82) is 0 Å². The van der Waals surface area contributed by atoms with Crippen molar-refractivity contribution in [3.05, 3.63) is 54.1 Å². The Hall–Kier alpha value is -2.45. The van der Waals surface area contributed by atoms with E-state index >= 15 is 0 Å². The van der Waals surface area contributed by atoms with Crippen molar-refractivity contribution in [3.8, 4) is 17.2 Å². The molecular formula is C20H22F3NO4. The molecule has 0 aliphatic carbocycles. The molecular weight excluding hydrogens is 375 g/mol. The third-order valence-corrected chi connectivity index (χ3v) is 4.35. The van der Waals surface area contributed by atoms with Crippen LogP contribution in [0.4, 0.5) is 13.2 Å². The second kappa shape index (κ2) is 9.16. The van der Waals surface area contributed by atoms with Gasteiger partial charge in [0.05, 0.1) is 6.61 Å². The van der Waals surface area contributed by atoms with Crippen LogP contribution in [0.1, 0.15) is 12.0 Å². The molecule has 28 heavy (non-hydrogen) atoms. The Morgan fingerprint density at radius 3 is 2.50 bits per heavy atom. The van der Waals surface area contributed by atoms with Crippen LogP contribution >= 0.6 is 0 Å². The van der Waals surface area contributed by atoms with Gasteiger partial charge in [0.2, 0.25) is 0 Å². The summed E-state index contributed by atoms with van der Waals surface area (Å²) < 4.78 is 52.4. The molecule has 0 bridgehead atoms. The molecule has 0 amide bonds. The Morgan fingerprint density at radius 1 is 1.04 bits per heavy atom. The molecule has 1 aliphatic heterocycles. The Morgan fingerprint density at radius 2 is 1.79 bits per heavy atom. The summed E-state index contributed by atoms with van der Waals surface area (Å²) in [7, 11) is 0. The van der Waals surface area contributed by atoms with E-state index in [9.17, 15) is 13.2 Å². The Balaban J connectivity index is 1.42. The summed E-state index contributed by atoms with van der Waals surface area (Å²) in [6.07, 6.45) is -4.03. The maximum atomic E-state index is 12.3. The quantitative estimate of drug-likeness (QED) is 0.738. The first-order chi connectivity index (χ1) is 13.4. The average molecular weight is 397 g/mol. The summed E-state index contributed by atoms with van der Waals surface area (Å²) in [6.45, 7) is 2.74. The van der Waals surface area contributed by atoms with E-state index in [-0.39, 0.29) is 18.5 Å². The molecule has 8 heteroatoms. The van der Waals surface area contributed by atoms with Crippen molar-refractivity contribution in [2.75, 3.05) is 26.2 Å². The number of aliphatic hydroxyl groups excluding tert-OH is 1. The van der Waals surface area contributed by atoms with Gasteiger partial charge in [-0.2, -0.15) is 0 Å². The standard InChI is InChI=1S/C20H22F3NO4/c21-20(22,23)28-18-3-1-2-17(12-18)27-19-8-9-24(13-19)10-11-26-16-6-4-15(14-25)5-7-16/h1-7,12,19,25H,8-11,13-14H2. The summed E-state index contributed by atoms with van der Waals surface area (Å²) in [4.78, 5) is 2.18. The number of alkyl halides is 3. The van der Waals surface area contributed by atoms with Crippen LogP contribution in [-0.2, 0) is 6.61 Å². The van der Waals surface area contributed by atoms with Gasteiger partial charge < -0.3 is 19.3 Å². The minimum Gasteiger partial charge on any atom is -0.492 e. The second-order valence-electron chi connectivity index (χ2n) is 6.50. The van der Waals surface area contributed by atoms with E-state index in [1.165, 1.54) is 18.2 Å². The molecule has 5 nitrogen and oxygen atoms in total. The molecule has 1 fully saturated rings. The van der Waals surface area contributed by atoms with Crippen LogP contribution in [-0.4, -0.2) is 48.7 Å². The molecule has 1 unspecified atom stereocenters. The monoisotopic (exact) mass is 397 g/mol. The van der Waals surface area contributed by atoms with Crippen LogP contribution in [0, 0.1) is 0 Å². The van der Waals surface area contributed by atoms with Gasteiger partial charge in [0, 0.05) is 25.7 Å². The van der Waals surface area contributed by atoms with Gasteiger partial charge in [-0.1, -0.05) is 18.2 Å². The molecule has 1 N–H and O–H groups in total. The van der Waals surface area contributed by atoms with Gasteiger partial charge in [0.1, 0.15) is 30.0 Å². The number of ether oxygens (including phenoxy) is 3. The SMILES string of the molecule is OCc1ccc(OCCN2CCC(Oc3cccc(OC(F)(F)F)c3)C2)cc1. The molecule has 2 aromatic carbocycles. The van der Waals surface area contributed by atoms with Gasteiger partial charge in [-0.3, -0.25) is 4.90 Å². The highest BCUT2D eigenvalue weighted by Crippen LogP contribution is 2.27. The average Bonchev–Trinajstić information content (AvgIpc) is 3.08. The highest BCUT2D eigenvalue weighted by Gasteiger charge is 2.31. The van der Waals surface area contributed by atoms with E-state index in [4.69, 9.17) is 14.6 Å². The third kappa shape index (κ3) is 6.31. The van der Waals surface area contributed by atoms with Crippen molar-refractivity contribution in [2.24, 2.45) is 0 Å². The van der Waals surface area contributed by atoms with Gasteiger partial charge >= 0.3 is 6.36 Å². The molecule has 0 aromatic heterocycles. The zero-order chi connectivity index (χ0) is 20.0. The van der Waals surface area contributed by atoms with E-state index < -0.39 is 6.36 Å².